The number of hydrogen-bond acceptors (Lipinski definition) is 7. The number of nitrogens with one attached hydrogen (secondary N) is 1. The quantitative estimate of drug-likeness (QED) is 0.310. The van der Waals surface area contributed by atoms with E-state index in [2.05, 4.69) is 19.2 Å². The molecule has 3 atom stereocenters. The fraction of sp³-hybridized carbons (Fsp3) is 0.850. The highest BCUT2D eigenvalue weighted by atomic mass is 16.6. The molecule has 1 unspecified atom stereocenters. The van der Waals surface area contributed by atoms with Gasteiger partial charge in [-0.15, -0.1) is 0 Å². The second-order valence-electron chi connectivity index (χ2n) is 8.42. The average Bonchev–Trinajstić information content (AvgIpc) is 2.96. The van der Waals surface area contributed by atoms with E-state index in [-0.39, 0.29) is 31.3 Å². The molecule has 0 aromatic heterocycles. The van der Waals surface area contributed by atoms with Crippen molar-refractivity contribution < 1.29 is 28.6 Å². The van der Waals surface area contributed by atoms with Crippen LogP contribution in [0.3, 0.4) is 0 Å². The van der Waals surface area contributed by atoms with E-state index in [4.69, 9.17) is 19.9 Å². The number of alkyl carbamates (subject to hydrolysis) is 1. The number of Topliss-reactive ketones (excluding diaryl/α,β-unsaturated/α-hetero) is 1. The van der Waals surface area contributed by atoms with Crippen molar-refractivity contribution in [2.24, 2.45) is 11.7 Å². The maximum atomic E-state index is 12.7. The number of nitrogens with two attached hydrogens (primary N) is 1. The van der Waals surface area contributed by atoms with Gasteiger partial charge in [-0.1, -0.05) is 20.3 Å². The summed E-state index contributed by atoms with van der Waals surface area (Å²) in [7, 11) is 0. The van der Waals surface area contributed by atoms with Crippen molar-refractivity contribution in [2.75, 3.05) is 19.8 Å². The van der Waals surface area contributed by atoms with Crippen LogP contribution in [-0.2, 0) is 23.8 Å². The molecule has 0 radical (unpaired) electrons. The maximum Gasteiger partial charge on any atom is 0.408 e. The van der Waals surface area contributed by atoms with E-state index in [9.17, 15) is 14.4 Å². The summed E-state index contributed by atoms with van der Waals surface area (Å²) in [6.07, 6.45) is 1.67. The zero-order valence-electron chi connectivity index (χ0n) is 17.8. The molecule has 1 saturated heterocycles. The van der Waals surface area contributed by atoms with Gasteiger partial charge < -0.3 is 19.9 Å². The molecular formula is C20H36N2O6. The third-order valence-corrected chi connectivity index (χ3v) is 4.88. The first-order valence-electron chi connectivity index (χ1n) is 10.1. The van der Waals surface area contributed by atoms with E-state index in [0.717, 1.165) is 6.42 Å². The highest BCUT2D eigenvalue weighted by Gasteiger charge is 2.52. The summed E-state index contributed by atoms with van der Waals surface area (Å²) in [5.41, 5.74) is 3.63. The van der Waals surface area contributed by atoms with Gasteiger partial charge in [0.1, 0.15) is 5.60 Å². The lowest BCUT2D eigenvalue weighted by molar-refractivity contribution is -0.147. The van der Waals surface area contributed by atoms with Crippen LogP contribution < -0.4 is 11.1 Å². The molecular weight excluding hydrogens is 364 g/mol. The maximum absolute atomic E-state index is 12.7. The number of ketones is 1. The van der Waals surface area contributed by atoms with Crippen LogP contribution in [0.5, 0.6) is 0 Å². The van der Waals surface area contributed by atoms with Gasteiger partial charge in [0.25, 0.3) is 0 Å². The molecule has 28 heavy (non-hydrogen) atoms. The Balaban J connectivity index is 2.47. The van der Waals surface area contributed by atoms with Gasteiger partial charge in [-0.05, 0) is 39.5 Å². The molecule has 1 amide bonds. The first kappa shape index (κ1) is 24.4. The molecule has 0 bridgehead atoms. The Morgan fingerprint density at radius 2 is 2.00 bits per heavy atom. The van der Waals surface area contributed by atoms with Crippen molar-refractivity contribution in [3.8, 4) is 0 Å². The van der Waals surface area contributed by atoms with Gasteiger partial charge in [-0.3, -0.25) is 10.1 Å². The number of carbonyl (C=O) groups is 3. The fourth-order valence-corrected chi connectivity index (χ4v) is 2.83. The standard InChI is InChI=1S/C20H36N2O6/c1-6-14(2)15(21)13-26-11-8-7-9-16(23)20(10-12-27-17(20)24)22-18(25)28-19(3,4)5/h14-15H,6-13,21H2,1-5H3,(H,22,25)/t14-,15?,20-/m0/s1. The molecule has 0 spiro atoms. The molecule has 1 aliphatic rings. The summed E-state index contributed by atoms with van der Waals surface area (Å²) in [5, 5.41) is 2.45. The van der Waals surface area contributed by atoms with Gasteiger partial charge in [0.15, 0.2) is 5.78 Å². The predicted octanol–water partition coefficient (Wildman–Crippen LogP) is 2.33. The van der Waals surface area contributed by atoms with Crippen LogP contribution >= 0.6 is 0 Å². The topological polar surface area (TPSA) is 117 Å². The van der Waals surface area contributed by atoms with Crippen molar-refractivity contribution in [1.82, 2.24) is 5.32 Å². The molecule has 0 aromatic rings. The minimum absolute atomic E-state index is 0.00110. The van der Waals surface area contributed by atoms with Crippen molar-refractivity contribution in [2.45, 2.75) is 83.9 Å². The smallest absolute Gasteiger partial charge is 0.408 e. The summed E-state index contributed by atoms with van der Waals surface area (Å²) in [6, 6.07) is 0.00110. The molecule has 162 valence electrons. The largest absolute Gasteiger partial charge is 0.463 e. The first-order chi connectivity index (χ1) is 13.0. The number of amides is 1. The highest BCUT2D eigenvalue weighted by Crippen LogP contribution is 2.25. The number of carbonyl (C=O) groups excluding carboxylic acids is 3. The third kappa shape index (κ3) is 7.39. The first-order valence-corrected chi connectivity index (χ1v) is 10.1. The van der Waals surface area contributed by atoms with Gasteiger partial charge in [0.2, 0.25) is 5.54 Å². The molecule has 1 fully saturated rings. The van der Waals surface area contributed by atoms with E-state index >= 15 is 0 Å². The molecule has 8 heteroatoms. The number of hydrogen-bond donors (Lipinski definition) is 2. The Kier molecular flexibility index (Phi) is 9.36. The van der Waals surface area contributed by atoms with Gasteiger partial charge in [0.05, 0.1) is 13.2 Å². The zero-order valence-corrected chi connectivity index (χ0v) is 17.8. The Hall–Kier alpha value is -1.67. The van der Waals surface area contributed by atoms with Crippen molar-refractivity contribution in [1.29, 1.82) is 0 Å². The minimum Gasteiger partial charge on any atom is -0.463 e. The van der Waals surface area contributed by atoms with E-state index in [1.807, 2.05) is 0 Å². The van der Waals surface area contributed by atoms with Crippen molar-refractivity contribution >= 4 is 17.8 Å². The molecule has 3 N–H and O–H groups in total. The summed E-state index contributed by atoms with van der Waals surface area (Å²) in [6.45, 7) is 10.4. The Morgan fingerprint density at radius 1 is 1.32 bits per heavy atom. The van der Waals surface area contributed by atoms with Crippen LogP contribution in [0, 0.1) is 5.92 Å². The van der Waals surface area contributed by atoms with Gasteiger partial charge >= 0.3 is 12.1 Å². The predicted molar refractivity (Wildman–Crippen MR) is 105 cm³/mol. The number of ether oxygens (including phenoxy) is 3. The lowest BCUT2D eigenvalue weighted by Crippen LogP contribution is -2.58. The molecule has 1 rings (SSSR count). The Labute approximate surface area is 167 Å². The number of unbranched alkanes of at least 4 members (excludes halogenated alkanes) is 1. The second-order valence-corrected chi connectivity index (χ2v) is 8.42. The van der Waals surface area contributed by atoms with Crippen LogP contribution in [0.15, 0.2) is 0 Å². The van der Waals surface area contributed by atoms with Crippen molar-refractivity contribution in [3.05, 3.63) is 0 Å². The van der Waals surface area contributed by atoms with Gasteiger partial charge in [0, 0.05) is 25.5 Å². The summed E-state index contributed by atoms with van der Waals surface area (Å²) < 4.78 is 15.7. The minimum atomic E-state index is -1.65. The molecule has 0 saturated carbocycles. The van der Waals surface area contributed by atoms with Gasteiger partial charge in [-0.25, -0.2) is 9.59 Å². The van der Waals surface area contributed by atoms with Crippen LogP contribution in [0.25, 0.3) is 0 Å². The molecule has 8 nitrogen and oxygen atoms in total. The molecule has 1 aliphatic heterocycles. The Morgan fingerprint density at radius 3 is 2.54 bits per heavy atom. The van der Waals surface area contributed by atoms with Gasteiger partial charge in [-0.2, -0.15) is 0 Å². The Bertz CT molecular complexity index is 545. The van der Waals surface area contributed by atoms with Crippen LogP contribution in [0.2, 0.25) is 0 Å². The normalized spacial score (nSPS) is 21.7. The molecule has 0 aliphatic carbocycles. The number of cyclic esters (lactones) is 1. The lowest BCUT2D eigenvalue weighted by atomic mass is 9.89. The highest BCUT2D eigenvalue weighted by molar-refractivity contribution is 6.11. The molecule has 1 heterocycles. The summed E-state index contributed by atoms with van der Waals surface area (Å²) in [4.78, 5) is 37.0. The van der Waals surface area contributed by atoms with E-state index in [1.54, 1.807) is 20.8 Å². The van der Waals surface area contributed by atoms with E-state index in [0.29, 0.717) is 32.0 Å². The number of rotatable bonds is 11. The monoisotopic (exact) mass is 400 g/mol. The average molecular weight is 401 g/mol. The zero-order chi connectivity index (χ0) is 21.4. The summed E-state index contributed by atoms with van der Waals surface area (Å²) >= 11 is 0. The number of esters is 1. The SMILES string of the molecule is CC[C@H](C)C(N)COCCCCC(=O)[C@@]1(NC(=O)OC(C)(C)C)CCOC1=O. The summed E-state index contributed by atoms with van der Waals surface area (Å²) in [5.74, 6) is -0.690. The lowest BCUT2D eigenvalue weighted by Gasteiger charge is -2.27. The van der Waals surface area contributed by atoms with E-state index < -0.39 is 23.2 Å². The third-order valence-electron chi connectivity index (χ3n) is 4.88. The van der Waals surface area contributed by atoms with E-state index in [1.165, 1.54) is 0 Å². The van der Waals surface area contributed by atoms with Crippen LogP contribution in [-0.4, -0.2) is 54.8 Å². The van der Waals surface area contributed by atoms with Crippen molar-refractivity contribution in [3.63, 3.8) is 0 Å². The fourth-order valence-electron chi connectivity index (χ4n) is 2.83. The second kappa shape index (κ2) is 10.8. The van der Waals surface area contributed by atoms with Crippen LogP contribution in [0.4, 0.5) is 4.79 Å². The molecule has 0 aromatic carbocycles. The van der Waals surface area contributed by atoms with Crippen LogP contribution in [0.1, 0.15) is 66.7 Å².